The molecule has 0 radical (unpaired) electrons. The molecule has 3 aromatic carbocycles. The summed E-state index contributed by atoms with van der Waals surface area (Å²) in [6.45, 7) is 3.59. The van der Waals surface area contributed by atoms with Crippen molar-refractivity contribution in [3.63, 3.8) is 0 Å². The Kier molecular flexibility index (Phi) is 7.40. The van der Waals surface area contributed by atoms with Crippen LogP contribution >= 0.6 is 12.2 Å². The van der Waals surface area contributed by atoms with Crippen molar-refractivity contribution in [1.82, 2.24) is 16.2 Å². The van der Waals surface area contributed by atoms with E-state index in [1.165, 1.54) is 0 Å². The Labute approximate surface area is 185 Å². The van der Waals surface area contributed by atoms with Gasteiger partial charge < -0.3 is 9.47 Å². The molecule has 0 heterocycles. The first-order valence-corrected chi connectivity index (χ1v) is 10.1. The van der Waals surface area contributed by atoms with E-state index < -0.39 is 11.8 Å². The van der Waals surface area contributed by atoms with Gasteiger partial charge in [-0.05, 0) is 67.2 Å². The molecule has 0 unspecified atom stereocenters. The van der Waals surface area contributed by atoms with E-state index in [0.717, 1.165) is 10.8 Å². The van der Waals surface area contributed by atoms with Crippen molar-refractivity contribution in [3.8, 4) is 11.5 Å². The second-order valence-corrected chi connectivity index (χ2v) is 7.36. The Hall–Kier alpha value is -3.65. The number of hydrogen-bond acceptors (Lipinski definition) is 5. The molecular formula is C23H23N3O4S. The molecule has 0 spiro atoms. The van der Waals surface area contributed by atoms with Crippen LogP contribution in [0.4, 0.5) is 0 Å². The lowest BCUT2D eigenvalue weighted by molar-refractivity contribution is -0.123. The number of benzene rings is 3. The minimum atomic E-state index is -0.447. The SMILES string of the molecule is CC(C)Oc1cccc(C(=O)NC(=S)NNC(=O)COc2ccc3ccccc3c2)c1. The minimum Gasteiger partial charge on any atom is -0.491 e. The van der Waals surface area contributed by atoms with Crippen LogP contribution in [0.2, 0.25) is 0 Å². The zero-order chi connectivity index (χ0) is 22.2. The van der Waals surface area contributed by atoms with Gasteiger partial charge in [-0.25, -0.2) is 0 Å². The molecule has 160 valence electrons. The van der Waals surface area contributed by atoms with E-state index in [-0.39, 0.29) is 17.8 Å². The Morgan fingerprint density at radius 3 is 2.45 bits per heavy atom. The summed E-state index contributed by atoms with van der Waals surface area (Å²) >= 11 is 5.05. The van der Waals surface area contributed by atoms with E-state index in [0.29, 0.717) is 17.1 Å². The molecule has 2 amide bonds. The first kappa shape index (κ1) is 22.0. The Morgan fingerprint density at radius 2 is 1.68 bits per heavy atom. The zero-order valence-corrected chi connectivity index (χ0v) is 18.0. The van der Waals surface area contributed by atoms with Crippen LogP contribution in [-0.4, -0.2) is 29.6 Å². The highest BCUT2D eigenvalue weighted by Gasteiger charge is 2.10. The normalized spacial score (nSPS) is 10.4. The molecule has 0 saturated carbocycles. The highest BCUT2D eigenvalue weighted by Crippen LogP contribution is 2.20. The fourth-order valence-electron chi connectivity index (χ4n) is 2.76. The third-order valence-electron chi connectivity index (χ3n) is 4.10. The van der Waals surface area contributed by atoms with Crippen LogP contribution in [-0.2, 0) is 4.79 Å². The second kappa shape index (κ2) is 10.4. The lowest BCUT2D eigenvalue weighted by Gasteiger charge is -2.13. The van der Waals surface area contributed by atoms with Crippen molar-refractivity contribution in [2.24, 2.45) is 0 Å². The summed E-state index contributed by atoms with van der Waals surface area (Å²) in [5, 5.41) is 4.56. The molecule has 0 bridgehead atoms. The van der Waals surface area contributed by atoms with Crippen molar-refractivity contribution in [1.29, 1.82) is 0 Å². The first-order chi connectivity index (χ1) is 14.9. The quantitative estimate of drug-likeness (QED) is 0.405. The number of ether oxygens (including phenoxy) is 2. The molecule has 31 heavy (non-hydrogen) atoms. The van der Waals surface area contributed by atoms with Crippen LogP contribution in [0.25, 0.3) is 10.8 Å². The van der Waals surface area contributed by atoms with Gasteiger partial charge in [-0.15, -0.1) is 0 Å². The number of amides is 2. The molecule has 3 rings (SSSR count). The molecule has 7 nitrogen and oxygen atoms in total. The van der Waals surface area contributed by atoms with Gasteiger partial charge >= 0.3 is 0 Å². The van der Waals surface area contributed by atoms with E-state index in [4.69, 9.17) is 21.7 Å². The van der Waals surface area contributed by atoms with Gasteiger partial charge in [-0.1, -0.05) is 36.4 Å². The smallest absolute Gasteiger partial charge is 0.276 e. The number of carbonyl (C=O) groups excluding carboxylic acids is 2. The summed E-state index contributed by atoms with van der Waals surface area (Å²) in [6, 6.07) is 20.2. The average Bonchev–Trinajstić information content (AvgIpc) is 2.76. The number of nitrogens with one attached hydrogen (secondary N) is 3. The fraction of sp³-hybridized carbons (Fsp3) is 0.174. The molecule has 0 aromatic heterocycles. The summed E-state index contributed by atoms with van der Waals surface area (Å²) < 4.78 is 11.1. The molecule has 0 saturated heterocycles. The molecule has 0 aliphatic carbocycles. The molecule has 0 fully saturated rings. The maximum absolute atomic E-state index is 12.3. The third-order valence-corrected chi connectivity index (χ3v) is 4.31. The van der Waals surface area contributed by atoms with E-state index in [9.17, 15) is 9.59 Å². The van der Waals surface area contributed by atoms with Crippen LogP contribution in [0.3, 0.4) is 0 Å². The highest BCUT2D eigenvalue weighted by molar-refractivity contribution is 7.80. The second-order valence-electron chi connectivity index (χ2n) is 6.95. The number of thiocarbonyl (C=S) groups is 1. The number of rotatable bonds is 6. The standard InChI is InChI=1S/C23H23N3O4S/c1-15(2)30-20-9-5-8-18(13-20)22(28)24-23(31)26-25-21(27)14-29-19-11-10-16-6-3-4-7-17(16)12-19/h3-13,15H,14H2,1-2H3,(H,25,27)(H2,24,26,28,31). The van der Waals surface area contributed by atoms with Gasteiger partial charge in [0.1, 0.15) is 11.5 Å². The lowest BCUT2D eigenvalue weighted by atomic mass is 10.1. The first-order valence-electron chi connectivity index (χ1n) is 9.69. The van der Waals surface area contributed by atoms with Gasteiger partial charge in [-0.2, -0.15) is 0 Å². The van der Waals surface area contributed by atoms with Gasteiger partial charge in [0.2, 0.25) is 0 Å². The van der Waals surface area contributed by atoms with E-state index >= 15 is 0 Å². The monoisotopic (exact) mass is 437 g/mol. The summed E-state index contributed by atoms with van der Waals surface area (Å²) in [4.78, 5) is 24.3. The van der Waals surface area contributed by atoms with Gasteiger partial charge in [-0.3, -0.25) is 25.8 Å². The summed E-state index contributed by atoms with van der Waals surface area (Å²) in [5.74, 6) is 0.291. The summed E-state index contributed by atoms with van der Waals surface area (Å²) in [7, 11) is 0. The molecule has 3 aromatic rings. The van der Waals surface area contributed by atoms with Crippen molar-refractivity contribution in [3.05, 3.63) is 72.3 Å². The maximum Gasteiger partial charge on any atom is 0.276 e. The average molecular weight is 438 g/mol. The van der Waals surface area contributed by atoms with Crippen LogP contribution in [0.15, 0.2) is 66.7 Å². The largest absolute Gasteiger partial charge is 0.491 e. The zero-order valence-electron chi connectivity index (χ0n) is 17.2. The van der Waals surface area contributed by atoms with Crippen LogP contribution in [0.5, 0.6) is 11.5 Å². The lowest BCUT2D eigenvalue weighted by Crippen LogP contribution is -2.49. The van der Waals surface area contributed by atoms with Crippen molar-refractivity contribution < 1.29 is 19.1 Å². The fourth-order valence-corrected chi connectivity index (χ4v) is 2.90. The predicted octanol–water partition coefficient (Wildman–Crippen LogP) is 3.34. The van der Waals surface area contributed by atoms with Crippen molar-refractivity contribution >= 4 is 39.9 Å². The van der Waals surface area contributed by atoms with E-state index in [2.05, 4.69) is 16.2 Å². The number of hydrogen-bond donors (Lipinski definition) is 3. The van der Waals surface area contributed by atoms with Gasteiger partial charge in [0.25, 0.3) is 11.8 Å². The van der Waals surface area contributed by atoms with Crippen molar-refractivity contribution in [2.45, 2.75) is 20.0 Å². The molecule has 8 heteroatoms. The topological polar surface area (TPSA) is 88.7 Å². The minimum absolute atomic E-state index is 0.00640. The molecule has 3 N–H and O–H groups in total. The van der Waals surface area contributed by atoms with Gasteiger partial charge in [0.15, 0.2) is 11.7 Å². The summed E-state index contributed by atoms with van der Waals surface area (Å²) in [6.07, 6.45) is -0.00640. The van der Waals surface area contributed by atoms with Crippen molar-refractivity contribution in [2.75, 3.05) is 6.61 Å². The maximum atomic E-state index is 12.3. The molecule has 0 aliphatic heterocycles. The highest BCUT2D eigenvalue weighted by atomic mass is 32.1. The Morgan fingerprint density at radius 1 is 0.903 bits per heavy atom. The third kappa shape index (κ3) is 6.68. The molecular weight excluding hydrogens is 414 g/mol. The van der Waals surface area contributed by atoms with Crippen LogP contribution in [0, 0.1) is 0 Å². The number of carbonyl (C=O) groups is 2. The predicted molar refractivity (Wildman–Crippen MR) is 123 cm³/mol. The molecule has 0 atom stereocenters. The van der Waals surface area contributed by atoms with E-state index in [1.807, 2.05) is 50.2 Å². The Balaban J connectivity index is 1.44. The summed E-state index contributed by atoms with van der Waals surface area (Å²) in [5.41, 5.74) is 5.26. The Bertz CT molecular complexity index is 1100. The number of hydrazine groups is 1. The van der Waals surface area contributed by atoms with Gasteiger partial charge in [0.05, 0.1) is 6.10 Å². The van der Waals surface area contributed by atoms with Crippen LogP contribution < -0.4 is 25.6 Å². The number of fused-ring (bicyclic) bond motifs is 1. The van der Waals surface area contributed by atoms with Gasteiger partial charge in [0, 0.05) is 5.56 Å². The van der Waals surface area contributed by atoms with Crippen LogP contribution in [0.1, 0.15) is 24.2 Å². The molecule has 0 aliphatic rings. The van der Waals surface area contributed by atoms with E-state index in [1.54, 1.807) is 30.3 Å².